The molecule has 2 unspecified atom stereocenters. The predicted molar refractivity (Wildman–Crippen MR) is 67.8 cm³/mol. The minimum atomic E-state index is -3.39. The van der Waals surface area contributed by atoms with Crippen molar-refractivity contribution in [3.8, 4) is 0 Å². The molecule has 0 bridgehead atoms. The minimum Gasteiger partial charge on any atom is -0.326 e. The van der Waals surface area contributed by atoms with Crippen LogP contribution in [0.25, 0.3) is 0 Å². The Morgan fingerprint density at radius 3 is 2.75 bits per heavy atom. The third kappa shape index (κ3) is 2.48. The van der Waals surface area contributed by atoms with Crippen LogP contribution in [0.15, 0.2) is 14.7 Å². The Labute approximate surface area is 107 Å². The minimum absolute atomic E-state index is 0.0955. The van der Waals surface area contributed by atoms with Crippen LogP contribution in [0.3, 0.4) is 0 Å². The second-order valence-electron chi connectivity index (χ2n) is 4.00. The Kier molecular flexibility index (Phi) is 3.42. The van der Waals surface area contributed by atoms with Crippen LogP contribution in [0.5, 0.6) is 0 Å². The monoisotopic (exact) mass is 324 g/mol. The average molecular weight is 325 g/mol. The summed E-state index contributed by atoms with van der Waals surface area (Å²) in [6.45, 7) is 2.39. The normalized spacial score (nSPS) is 24.7. The van der Waals surface area contributed by atoms with Crippen LogP contribution in [0.2, 0.25) is 0 Å². The molecule has 0 aromatic carbocycles. The van der Waals surface area contributed by atoms with Gasteiger partial charge in [-0.3, -0.25) is 0 Å². The zero-order valence-corrected chi connectivity index (χ0v) is 12.0. The van der Waals surface area contributed by atoms with Gasteiger partial charge in [0.15, 0.2) is 0 Å². The van der Waals surface area contributed by atoms with Gasteiger partial charge in [-0.25, -0.2) is 13.1 Å². The van der Waals surface area contributed by atoms with Crippen LogP contribution in [0.4, 0.5) is 0 Å². The molecule has 1 aromatic heterocycles. The molecule has 1 saturated carbocycles. The number of rotatable bonds is 4. The van der Waals surface area contributed by atoms with Gasteiger partial charge in [-0.2, -0.15) is 0 Å². The van der Waals surface area contributed by atoms with Gasteiger partial charge < -0.3 is 5.73 Å². The number of thiophene rings is 1. The quantitative estimate of drug-likeness (QED) is 0.884. The number of nitrogens with two attached hydrogens (primary N) is 1. The van der Waals surface area contributed by atoms with Gasteiger partial charge in [-0.05, 0) is 34.3 Å². The topological polar surface area (TPSA) is 72.2 Å². The highest BCUT2D eigenvalue weighted by Gasteiger charge is 2.37. The molecule has 1 aliphatic carbocycles. The van der Waals surface area contributed by atoms with Crippen LogP contribution < -0.4 is 10.5 Å². The molecule has 7 heteroatoms. The predicted octanol–water partition coefficient (Wildman–Crippen LogP) is 1.66. The molecule has 1 fully saturated rings. The summed E-state index contributed by atoms with van der Waals surface area (Å²) >= 11 is 4.63. The van der Waals surface area contributed by atoms with Crippen LogP contribution in [-0.4, -0.2) is 14.5 Å². The van der Waals surface area contributed by atoms with Gasteiger partial charge in [0.25, 0.3) is 0 Å². The molecule has 90 valence electrons. The first kappa shape index (κ1) is 12.5. The molecule has 1 heterocycles. The van der Waals surface area contributed by atoms with E-state index < -0.39 is 10.0 Å². The van der Waals surface area contributed by atoms with Crippen LogP contribution in [-0.2, 0) is 16.6 Å². The van der Waals surface area contributed by atoms with Gasteiger partial charge in [0.05, 0.1) is 3.79 Å². The van der Waals surface area contributed by atoms with Gasteiger partial charge in [0.1, 0.15) is 4.90 Å². The fraction of sp³-hybridized carbons (Fsp3) is 0.556. The maximum atomic E-state index is 12.0. The van der Waals surface area contributed by atoms with Crippen molar-refractivity contribution in [3.05, 3.63) is 14.7 Å². The zero-order valence-electron chi connectivity index (χ0n) is 8.73. The third-order valence-corrected chi connectivity index (χ3v) is 6.38. The highest BCUT2D eigenvalue weighted by Crippen LogP contribution is 2.35. The van der Waals surface area contributed by atoms with E-state index >= 15 is 0 Å². The third-order valence-electron chi connectivity index (χ3n) is 2.61. The van der Waals surface area contributed by atoms with E-state index in [1.807, 2.05) is 6.92 Å². The summed E-state index contributed by atoms with van der Waals surface area (Å²) in [5.74, 6) is 0.446. The van der Waals surface area contributed by atoms with E-state index in [4.69, 9.17) is 5.73 Å². The molecule has 0 amide bonds. The van der Waals surface area contributed by atoms with E-state index in [1.54, 1.807) is 6.07 Å². The summed E-state index contributed by atoms with van der Waals surface area (Å²) < 4.78 is 27.3. The molecule has 0 radical (unpaired) electrons. The fourth-order valence-electron chi connectivity index (χ4n) is 1.43. The van der Waals surface area contributed by atoms with Crippen molar-refractivity contribution >= 4 is 37.3 Å². The standard InChI is InChI=1S/C9H13BrN2O2S2/c1-5-2-7(5)12-16(13,14)8-3-6(4-11)15-9(8)10/h3,5,7,12H,2,4,11H2,1H3. The lowest BCUT2D eigenvalue weighted by Crippen LogP contribution is -2.26. The number of hydrogen-bond donors (Lipinski definition) is 2. The van der Waals surface area contributed by atoms with Crippen molar-refractivity contribution in [3.63, 3.8) is 0 Å². The Balaban J connectivity index is 2.24. The Morgan fingerprint density at radius 1 is 1.69 bits per heavy atom. The number of hydrogen-bond acceptors (Lipinski definition) is 4. The van der Waals surface area contributed by atoms with E-state index in [0.717, 1.165) is 11.3 Å². The largest absolute Gasteiger partial charge is 0.326 e. The lowest BCUT2D eigenvalue weighted by atomic mass is 10.5. The summed E-state index contributed by atoms with van der Waals surface area (Å²) in [4.78, 5) is 1.16. The first-order valence-electron chi connectivity index (χ1n) is 4.94. The molecule has 16 heavy (non-hydrogen) atoms. The summed E-state index contributed by atoms with van der Waals surface area (Å²) in [7, 11) is -3.39. The number of halogens is 1. The van der Waals surface area contributed by atoms with Crippen molar-refractivity contribution in [1.82, 2.24) is 4.72 Å². The first-order valence-corrected chi connectivity index (χ1v) is 8.04. The van der Waals surface area contributed by atoms with E-state index in [9.17, 15) is 8.42 Å². The van der Waals surface area contributed by atoms with Crippen molar-refractivity contribution in [2.45, 2.75) is 30.8 Å². The van der Waals surface area contributed by atoms with Gasteiger partial charge in [-0.15, -0.1) is 11.3 Å². The summed E-state index contributed by atoms with van der Waals surface area (Å²) in [6, 6.07) is 1.72. The van der Waals surface area contributed by atoms with Crippen molar-refractivity contribution in [2.24, 2.45) is 11.7 Å². The van der Waals surface area contributed by atoms with Gasteiger partial charge in [-0.1, -0.05) is 6.92 Å². The molecular weight excluding hydrogens is 312 g/mol. The maximum absolute atomic E-state index is 12.0. The highest BCUT2D eigenvalue weighted by molar-refractivity contribution is 9.11. The van der Waals surface area contributed by atoms with Crippen LogP contribution >= 0.6 is 27.3 Å². The van der Waals surface area contributed by atoms with Gasteiger partial charge >= 0.3 is 0 Å². The Hall–Kier alpha value is 0.0500. The molecule has 0 spiro atoms. The molecule has 0 saturated heterocycles. The highest BCUT2D eigenvalue weighted by atomic mass is 79.9. The van der Waals surface area contributed by atoms with Crippen molar-refractivity contribution in [2.75, 3.05) is 0 Å². The Bertz CT molecular complexity index is 498. The van der Waals surface area contributed by atoms with Gasteiger partial charge in [0.2, 0.25) is 10.0 Å². The smallest absolute Gasteiger partial charge is 0.242 e. The van der Waals surface area contributed by atoms with E-state index in [1.165, 1.54) is 11.3 Å². The summed E-state index contributed by atoms with van der Waals surface area (Å²) in [5, 5.41) is 0. The van der Waals surface area contributed by atoms with E-state index in [-0.39, 0.29) is 6.04 Å². The SMILES string of the molecule is CC1CC1NS(=O)(=O)c1cc(CN)sc1Br. The first-order chi connectivity index (χ1) is 7.44. The molecule has 2 rings (SSSR count). The number of nitrogens with one attached hydrogen (secondary N) is 1. The molecule has 3 N–H and O–H groups in total. The molecule has 0 aliphatic heterocycles. The summed E-state index contributed by atoms with van der Waals surface area (Å²) in [6.07, 6.45) is 0.921. The van der Waals surface area contributed by atoms with Crippen LogP contribution in [0.1, 0.15) is 18.2 Å². The number of sulfonamides is 1. The van der Waals surface area contributed by atoms with Gasteiger partial charge in [0, 0.05) is 17.5 Å². The maximum Gasteiger partial charge on any atom is 0.242 e. The lowest BCUT2D eigenvalue weighted by molar-refractivity contribution is 0.578. The average Bonchev–Trinajstić information content (AvgIpc) is 2.74. The molecular formula is C9H13BrN2O2S2. The van der Waals surface area contributed by atoms with E-state index in [2.05, 4.69) is 20.7 Å². The second-order valence-corrected chi connectivity index (χ2v) is 8.13. The fourth-order valence-corrected chi connectivity index (χ4v) is 5.35. The second kappa shape index (κ2) is 4.38. The molecule has 1 aliphatic rings. The zero-order chi connectivity index (χ0) is 11.9. The van der Waals surface area contributed by atoms with Crippen molar-refractivity contribution in [1.29, 1.82) is 0 Å². The molecule has 2 atom stereocenters. The summed E-state index contributed by atoms with van der Waals surface area (Å²) in [5.41, 5.74) is 5.49. The Morgan fingerprint density at radius 2 is 2.31 bits per heavy atom. The van der Waals surface area contributed by atoms with Crippen molar-refractivity contribution < 1.29 is 8.42 Å². The lowest BCUT2D eigenvalue weighted by Gasteiger charge is -2.03. The molecule has 1 aromatic rings. The van der Waals surface area contributed by atoms with E-state index in [0.29, 0.717) is 21.1 Å². The van der Waals surface area contributed by atoms with Crippen LogP contribution in [0, 0.1) is 5.92 Å². The molecule has 4 nitrogen and oxygen atoms in total.